The van der Waals surface area contributed by atoms with Crippen LogP contribution >= 0.6 is 15.9 Å². The summed E-state index contributed by atoms with van der Waals surface area (Å²) in [5.41, 5.74) is 0.559. The Morgan fingerprint density at radius 2 is 1.83 bits per heavy atom. The van der Waals surface area contributed by atoms with Gasteiger partial charge < -0.3 is 9.47 Å². The lowest BCUT2D eigenvalue weighted by Crippen LogP contribution is -2.22. The van der Waals surface area contributed by atoms with Crippen LogP contribution in [-0.2, 0) is 10.1 Å². The molecule has 5 heteroatoms. The second-order valence-corrected chi connectivity index (χ2v) is 4.95. The smallest absolute Gasteiger partial charge is 0.190 e. The van der Waals surface area contributed by atoms with E-state index in [1.807, 2.05) is 0 Å². The van der Waals surface area contributed by atoms with Crippen molar-refractivity contribution in [1.82, 2.24) is 0 Å². The van der Waals surface area contributed by atoms with E-state index in [-0.39, 0.29) is 5.75 Å². The molecule has 1 saturated heterocycles. The van der Waals surface area contributed by atoms with E-state index in [0.29, 0.717) is 36.6 Å². The number of benzene rings is 1. The second-order valence-electron chi connectivity index (χ2n) is 4.39. The maximum atomic E-state index is 13.6. The SMILES string of the molecule is Fc1cc(CBr)cc(F)c1OCC1CCOCC1. The van der Waals surface area contributed by atoms with Gasteiger partial charge in [0.2, 0.25) is 0 Å². The van der Waals surface area contributed by atoms with Crippen LogP contribution in [-0.4, -0.2) is 19.8 Å². The number of hydrogen-bond acceptors (Lipinski definition) is 2. The van der Waals surface area contributed by atoms with Crippen molar-refractivity contribution in [3.8, 4) is 5.75 Å². The minimum atomic E-state index is -0.642. The zero-order chi connectivity index (χ0) is 13.0. The molecule has 18 heavy (non-hydrogen) atoms. The minimum Gasteiger partial charge on any atom is -0.487 e. The standard InChI is InChI=1S/C13H15BrF2O2/c14-7-10-5-11(15)13(12(16)6-10)18-8-9-1-3-17-4-2-9/h5-6,9H,1-4,7-8H2. The van der Waals surface area contributed by atoms with Crippen molar-refractivity contribution in [3.05, 3.63) is 29.3 Å². The predicted molar refractivity (Wildman–Crippen MR) is 68.0 cm³/mol. The Bertz CT molecular complexity index is 383. The quantitative estimate of drug-likeness (QED) is 0.788. The van der Waals surface area contributed by atoms with Gasteiger partial charge in [-0.3, -0.25) is 0 Å². The third-order valence-corrected chi connectivity index (χ3v) is 3.66. The summed E-state index contributed by atoms with van der Waals surface area (Å²) in [6, 6.07) is 2.58. The molecule has 0 radical (unpaired) electrons. The molecule has 1 aliphatic heterocycles. The van der Waals surface area contributed by atoms with Crippen molar-refractivity contribution < 1.29 is 18.3 Å². The van der Waals surface area contributed by atoms with E-state index in [0.717, 1.165) is 12.8 Å². The van der Waals surface area contributed by atoms with Gasteiger partial charge >= 0.3 is 0 Å². The molecule has 2 rings (SSSR count). The molecule has 1 aromatic rings. The molecule has 1 fully saturated rings. The van der Waals surface area contributed by atoms with E-state index in [1.54, 1.807) is 0 Å². The topological polar surface area (TPSA) is 18.5 Å². The molecule has 0 N–H and O–H groups in total. The highest BCUT2D eigenvalue weighted by molar-refractivity contribution is 9.08. The first-order chi connectivity index (χ1) is 8.70. The summed E-state index contributed by atoms with van der Waals surface area (Å²) in [5, 5.41) is 0.418. The Hall–Kier alpha value is -0.680. The Labute approximate surface area is 113 Å². The monoisotopic (exact) mass is 320 g/mol. The molecule has 0 bridgehead atoms. The number of alkyl halides is 1. The first-order valence-electron chi connectivity index (χ1n) is 5.95. The van der Waals surface area contributed by atoms with Crippen LogP contribution in [0.4, 0.5) is 8.78 Å². The van der Waals surface area contributed by atoms with E-state index in [1.165, 1.54) is 12.1 Å². The Balaban J connectivity index is 2.00. The van der Waals surface area contributed by atoms with Gasteiger partial charge in [0.25, 0.3) is 0 Å². The summed E-state index contributed by atoms with van der Waals surface area (Å²) < 4.78 is 37.8. The van der Waals surface area contributed by atoms with Gasteiger partial charge in [-0.1, -0.05) is 15.9 Å². The highest BCUT2D eigenvalue weighted by Crippen LogP contribution is 2.26. The third kappa shape index (κ3) is 3.42. The summed E-state index contributed by atoms with van der Waals surface area (Å²) >= 11 is 3.16. The lowest BCUT2D eigenvalue weighted by molar-refractivity contribution is 0.0485. The van der Waals surface area contributed by atoms with Crippen molar-refractivity contribution >= 4 is 15.9 Å². The van der Waals surface area contributed by atoms with E-state index in [2.05, 4.69) is 15.9 Å². The lowest BCUT2D eigenvalue weighted by Gasteiger charge is -2.22. The zero-order valence-corrected chi connectivity index (χ0v) is 11.5. The maximum Gasteiger partial charge on any atom is 0.190 e. The second kappa shape index (κ2) is 6.48. The number of hydrogen-bond donors (Lipinski definition) is 0. The van der Waals surface area contributed by atoms with Crippen molar-refractivity contribution in [2.45, 2.75) is 18.2 Å². The fourth-order valence-electron chi connectivity index (χ4n) is 1.94. The fourth-order valence-corrected chi connectivity index (χ4v) is 2.27. The Morgan fingerprint density at radius 1 is 1.22 bits per heavy atom. The van der Waals surface area contributed by atoms with Crippen molar-refractivity contribution in [2.75, 3.05) is 19.8 Å². The molecule has 1 aromatic carbocycles. The molecule has 2 nitrogen and oxygen atoms in total. The minimum absolute atomic E-state index is 0.272. The average Bonchev–Trinajstić information content (AvgIpc) is 2.38. The van der Waals surface area contributed by atoms with Gasteiger partial charge in [-0.25, -0.2) is 8.78 Å². The molecule has 0 amide bonds. The summed E-state index contributed by atoms with van der Waals surface area (Å²) in [6.45, 7) is 1.73. The summed E-state index contributed by atoms with van der Waals surface area (Å²) in [7, 11) is 0. The van der Waals surface area contributed by atoms with Crippen molar-refractivity contribution in [1.29, 1.82) is 0 Å². The first-order valence-corrected chi connectivity index (χ1v) is 7.07. The van der Waals surface area contributed by atoms with Crippen LogP contribution in [0, 0.1) is 17.6 Å². The third-order valence-electron chi connectivity index (χ3n) is 3.02. The molecule has 0 saturated carbocycles. The Morgan fingerprint density at radius 3 is 2.39 bits per heavy atom. The summed E-state index contributed by atoms with van der Waals surface area (Å²) in [4.78, 5) is 0. The molecule has 0 atom stereocenters. The van der Waals surface area contributed by atoms with Crippen LogP contribution in [0.15, 0.2) is 12.1 Å². The van der Waals surface area contributed by atoms with E-state index in [4.69, 9.17) is 9.47 Å². The molecule has 100 valence electrons. The predicted octanol–water partition coefficient (Wildman–Crippen LogP) is 3.67. The molecule has 1 heterocycles. The average molecular weight is 321 g/mol. The maximum absolute atomic E-state index is 13.6. The number of rotatable bonds is 4. The molecule has 0 aromatic heterocycles. The van der Waals surface area contributed by atoms with Crippen molar-refractivity contribution in [3.63, 3.8) is 0 Å². The molecule has 0 unspecified atom stereocenters. The van der Waals surface area contributed by atoms with Crippen LogP contribution < -0.4 is 4.74 Å². The normalized spacial score (nSPS) is 16.8. The molecule has 1 aliphatic rings. The van der Waals surface area contributed by atoms with Crippen LogP contribution in [0.2, 0.25) is 0 Å². The highest BCUT2D eigenvalue weighted by Gasteiger charge is 2.17. The van der Waals surface area contributed by atoms with E-state index >= 15 is 0 Å². The fraction of sp³-hybridized carbons (Fsp3) is 0.538. The first kappa shape index (κ1) is 13.7. The zero-order valence-electron chi connectivity index (χ0n) is 9.93. The van der Waals surface area contributed by atoms with Crippen molar-refractivity contribution in [2.24, 2.45) is 5.92 Å². The Kier molecular flexibility index (Phi) is 4.95. The van der Waals surface area contributed by atoms with Gasteiger partial charge in [-0.2, -0.15) is 0 Å². The van der Waals surface area contributed by atoms with Crippen LogP contribution in [0.25, 0.3) is 0 Å². The van der Waals surface area contributed by atoms with E-state index in [9.17, 15) is 8.78 Å². The van der Waals surface area contributed by atoms with Crippen LogP contribution in [0.3, 0.4) is 0 Å². The largest absolute Gasteiger partial charge is 0.487 e. The van der Waals surface area contributed by atoms with Gasteiger partial charge in [0.1, 0.15) is 0 Å². The lowest BCUT2D eigenvalue weighted by atomic mass is 10.0. The summed E-state index contributed by atoms with van der Waals surface area (Å²) in [5.74, 6) is -1.24. The molecular formula is C13H15BrF2O2. The molecular weight excluding hydrogens is 306 g/mol. The van der Waals surface area contributed by atoms with Gasteiger partial charge in [-0.15, -0.1) is 0 Å². The highest BCUT2D eigenvalue weighted by atomic mass is 79.9. The van der Waals surface area contributed by atoms with E-state index < -0.39 is 11.6 Å². The van der Waals surface area contributed by atoms with Gasteiger partial charge in [-0.05, 0) is 36.5 Å². The molecule has 0 aliphatic carbocycles. The van der Waals surface area contributed by atoms with Gasteiger partial charge in [0.15, 0.2) is 17.4 Å². The van der Waals surface area contributed by atoms with Crippen LogP contribution in [0.5, 0.6) is 5.75 Å². The summed E-state index contributed by atoms with van der Waals surface area (Å²) in [6.07, 6.45) is 1.76. The van der Waals surface area contributed by atoms with Crippen LogP contribution in [0.1, 0.15) is 18.4 Å². The number of ether oxygens (including phenoxy) is 2. The molecule has 0 spiro atoms. The van der Waals surface area contributed by atoms with Gasteiger partial charge in [0, 0.05) is 18.5 Å². The van der Waals surface area contributed by atoms with Gasteiger partial charge in [0.05, 0.1) is 6.61 Å². The number of halogens is 3.